The lowest BCUT2D eigenvalue weighted by molar-refractivity contribution is -0.0516. The van der Waals surface area contributed by atoms with Gasteiger partial charge in [0.25, 0.3) is 0 Å². The number of H-pyrrole nitrogens is 2. The number of aromatic nitrogens is 4. The summed E-state index contributed by atoms with van der Waals surface area (Å²) >= 11 is 10.3. The molecule has 4 atom stereocenters. The van der Waals surface area contributed by atoms with Crippen LogP contribution in [0.4, 0.5) is 5.95 Å². The SMILES string of the molecule is Nc1nc(=S)c2[nH]c(=S)n([C@@H]3O[C@H](CO)[C@@H](O)[C@@H]3O)c2[nH]1. The Morgan fingerprint density at radius 2 is 2.00 bits per heavy atom. The fourth-order valence-electron chi connectivity index (χ4n) is 2.38. The number of anilines is 1. The molecule has 3 heterocycles. The van der Waals surface area contributed by atoms with Crippen LogP contribution in [0.15, 0.2) is 0 Å². The zero-order valence-corrected chi connectivity index (χ0v) is 12.2. The second-order valence-electron chi connectivity index (χ2n) is 4.68. The van der Waals surface area contributed by atoms with Crippen molar-refractivity contribution in [3.05, 3.63) is 9.41 Å². The van der Waals surface area contributed by atoms with E-state index < -0.39 is 31.1 Å². The third kappa shape index (κ3) is 2.18. The number of nitrogens with one attached hydrogen (secondary N) is 2. The Morgan fingerprint density at radius 1 is 1.29 bits per heavy atom. The van der Waals surface area contributed by atoms with Gasteiger partial charge in [0.2, 0.25) is 0 Å². The molecule has 0 amide bonds. The van der Waals surface area contributed by atoms with Crippen LogP contribution in [0.1, 0.15) is 6.23 Å². The van der Waals surface area contributed by atoms with E-state index in [9.17, 15) is 10.2 Å². The highest BCUT2D eigenvalue weighted by molar-refractivity contribution is 7.71. The second-order valence-corrected chi connectivity index (χ2v) is 5.45. The maximum absolute atomic E-state index is 10.1. The number of nitrogens with two attached hydrogens (primary N) is 1. The third-order valence-corrected chi connectivity index (χ3v) is 3.98. The summed E-state index contributed by atoms with van der Waals surface area (Å²) in [6.45, 7) is -0.426. The van der Waals surface area contributed by atoms with Crippen molar-refractivity contribution in [2.45, 2.75) is 24.5 Å². The van der Waals surface area contributed by atoms with Crippen molar-refractivity contribution in [2.24, 2.45) is 0 Å². The Kier molecular flexibility index (Phi) is 3.55. The molecule has 2 aromatic heterocycles. The minimum absolute atomic E-state index is 0.0852. The molecule has 0 bridgehead atoms. The van der Waals surface area contributed by atoms with Gasteiger partial charge in [-0.15, -0.1) is 0 Å². The number of imidazole rings is 1. The predicted octanol–water partition coefficient (Wildman–Crippen LogP) is -0.655. The standard InChI is InChI=1S/C10H13N5O4S2/c11-9-13-6-3(7(20)14-9)12-10(21)15(6)8-5(18)4(17)2(1-16)19-8/h2,4-5,8,16-18H,1H2,(H,12,21)(H3,11,13,14,20)/t2-,4-,5+,8-/m1/s1. The minimum Gasteiger partial charge on any atom is -0.394 e. The van der Waals surface area contributed by atoms with Gasteiger partial charge in [0, 0.05) is 0 Å². The van der Waals surface area contributed by atoms with E-state index in [1.165, 1.54) is 4.57 Å². The summed E-state index contributed by atoms with van der Waals surface area (Å²) in [5, 5.41) is 29.1. The number of aliphatic hydroxyl groups excluding tert-OH is 3. The highest BCUT2D eigenvalue weighted by atomic mass is 32.1. The number of hydrogen-bond donors (Lipinski definition) is 6. The molecular formula is C10H13N5O4S2. The normalized spacial score (nSPS) is 29.3. The van der Waals surface area contributed by atoms with Gasteiger partial charge in [0.15, 0.2) is 21.6 Å². The van der Waals surface area contributed by atoms with Crippen LogP contribution in [-0.4, -0.2) is 59.8 Å². The molecule has 1 fully saturated rings. The van der Waals surface area contributed by atoms with Crippen LogP contribution >= 0.6 is 24.4 Å². The zero-order valence-electron chi connectivity index (χ0n) is 10.6. The van der Waals surface area contributed by atoms with E-state index in [-0.39, 0.29) is 15.4 Å². The Labute approximate surface area is 128 Å². The Morgan fingerprint density at radius 3 is 2.62 bits per heavy atom. The highest BCUT2D eigenvalue weighted by Crippen LogP contribution is 2.31. The maximum Gasteiger partial charge on any atom is 0.200 e. The second kappa shape index (κ2) is 5.12. The zero-order chi connectivity index (χ0) is 15.3. The van der Waals surface area contributed by atoms with Crippen LogP contribution in [-0.2, 0) is 4.74 Å². The third-order valence-electron chi connectivity index (χ3n) is 3.38. The maximum atomic E-state index is 10.1. The molecule has 0 aromatic carbocycles. The van der Waals surface area contributed by atoms with Crippen LogP contribution in [0.25, 0.3) is 11.2 Å². The van der Waals surface area contributed by atoms with Gasteiger partial charge >= 0.3 is 0 Å². The Balaban J connectivity index is 2.20. The smallest absolute Gasteiger partial charge is 0.200 e. The first kappa shape index (κ1) is 14.6. The van der Waals surface area contributed by atoms with Crippen molar-refractivity contribution in [2.75, 3.05) is 12.3 Å². The molecule has 114 valence electrons. The molecule has 11 heteroatoms. The topological polar surface area (TPSA) is 145 Å². The summed E-state index contributed by atoms with van der Waals surface area (Å²) < 4.78 is 7.32. The molecule has 21 heavy (non-hydrogen) atoms. The quantitative estimate of drug-likeness (QED) is 0.398. The molecular weight excluding hydrogens is 318 g/mol. The summed E-state index contributed by atoms with van der Waals surface area (Å²) in [7, 11) is 0. The van der Waals surface area contributed by atoms with Crippen LogP contribution in [0, 0.1) is 9.41 Å². The van der Waals surface area contributed by atoms with Gasteiger partial charge in [0.1, 0.15) is 29.5 Å². The van der Waals surface area contributed by atoms with Gasteiger partial charge < -0.3 is 35.8 Å². The average molecular weight is 331 g/mol. The number of fused-ring (bicyclic) bond motifs is 1. The molecule has 7 N–H and O–H groups in total. The summed E-state index contributed by atoms with van der Waals surface area (Å²) in [6.07, 6.45) is -4.37. The lowest BCUT2D eigenvalue weighted by Gasteiger charge is -2.17. The molecule has 0 unspecified atom stereocenters. The van der Waals surface area contributed by atoms with Crippen LogP contribution < -0.4 is 5.73 Å². The van der Waals surface area contributed by atoms with E-state index in [0.717, 1.165) is 0 Å². The van der Waals surface area contributed by atoms with Gasteiger partial charge in [-0.25, -0.2) is 4.98 Å². The molecule has 1 saturated heterocycles. The number of rotatable bonds is 2. The van der Waals surface area contributed by atoms with Crippen LogP contribution in [0.3, 0.4) is 0 Å². The molecule has 9 nitrogen and oxygen atoms in total. The molecule has 2 aromatic rings. The van der Waals surface area contributed by atoms with Gasteiger partial charge in [-0.1, -0.05) is 12.2 Å². The van der Waals surface area contributed by atoms with Crippen molar-refractivity contribution < 1.29 is 20.1 Å². The lowest BCUT2D eigenvalue weighted by atomic mass is 10.1. The minimum atomic E-state index is -1.26. The first-order valence-electron chi connectivity index (χ1n) is 6.06. The van der Waals surface area contributed by atoms with Gasteiger partial charge in [0.05, 0.1) is 6.61 Å². The summed E-state index contributed by atoms with van der Waals surface area (Å²) in [6, 6.07) is 0. The molecule has 1 aliphatic rings. The first-order valence-corrected chi connectivity index (χ1v) is 6.88. The largest absolute Gasteiger partial charge is 0.394 e. The molecule has 0 spiro atoms. The lowest BCUT2D eigenvalue weighted by Crippen LogP contribution is -2.33. The summed E-state index contributed by atoms with van der Waals surface area (Å²) in [5.41, 5.74) is 6.47. The highest BCUT2D eigenvalue weighted by Gasteiger charge is 2.44. The van der Waals surface area contributed by atoms with E-state index in [2.05, 4.69) is 15.0 Å². The molecule has 1 aliphatic heterocycles. The Bertz CT molecular complexity index is 799. The van der Waals surface area contributed by atoms with Gasteiger partial charge in [-0.05, 0) is 12.2 Å². The summed E-state index contributed by atoms with van der Waals surface area (Å²) in [4.78, 5) is 9.55. The van der Waals surface area contributed by atoms with Crippen LogP contribution in [0.5, 0.6) is 0 Å². The average Bonchev–Trinajstić information content (AvgIpc) is 2.89. The number of nitrogens with zero attached hydrogens (tertiary/aromatic N) is 2. The molecule has 0 saturated carbocycles. The number of ether oxygens (including phenoxy) is 1. The molecule has 3 rings (SSSR count). The number of aromatic amines is 2. The number of nitrogen functional groups attached to an aromatic ring is 1. The number of aliphatic hydroxyl groups is 3. The monoisotopic (exact) mass is 331 g/mol. The van der Waals surface area contributed by atoms with Crippen molar-refractivity contribution in [1.29, 1.82) is 0 Å². The Hall–Kier alpha value is -1.37. The van der Waals surface area contributed by atoms with Crippen LogP contribution in [0.2, 0.25) is 0 Å². The first-order chi connectivity index (χ1) is 9.93. The van der Waals surface area contributed by atoms with E-state index >= 15 is 0 Å². The van der Waals surface area contributed by atoms with Crippen molar-refractivity contribution in [3.63, 3.8) is 0 Å². The fourth-order valence-corrected chi connectivity index (χ4v) is 2.92. The van der Waals surface area contributed by atoms with E-state index in [1.54, 1.807) is 0 Å². The number of hydrogen-bond acceptors (Lipinski definition) is 8. The van der Waals surface area contributed by atoms with Crippen molar-refractivity contribution in [3.8, 4) is 0 Å². The van der Waals surface area contributed by atoms with E-state index in [4.69, 9.17) is 40.0 Å². The van der Waals surface area contributed by atoms with Gasteiger partial charge in [-0.2, -0.15) is 0 Å². The van der Waals surface area contributed by atoms with Crippen molar-refractivity contribution in [1.82, 2.24) is 19.5 Å². The van der Waals surface area contributed by atoms with Crippen molar-refractivity contribution >= 4 is 41.5 Å². The molecule has 0 radical (unpaired) electrons. The van der Waals surface area contributed by atoms with Gasteiger partial charge in [-0.3, -0.25) is 4.57 Å². The molecule has 0 aliphatic carbocycles. The fraction of sp³-hybridized carbons (Fsp3) is 0.500. The van der Waals surface area contributed by atoms with E-state index in [1.807, 2.05) is 0 Å². The summed E-state index contributed by atoms with van der Waals surface area (Å²) in [5.74, 6) is 0.0852. The van der Waals surface area contributed by atoms with E-state index in [0.29, 0.717) is 11.2 Å². The predicted molar refractivity (Wildman–Crippen MR) is 77.5 cm³/mol.